The molecule has 0 saturated carbocycles. The molecule has 0 bridgehead atoms. The predicted molar refractivity (Wildman–Crippen MR) is 81.5 cm³/mol. The Morgan fingerprint density at radius 3 is 2.05 bits per heavy atom. The maximum absolute atomic E-state index is 4.77. The molecule has 112 valence electrons. The smallest absolute Gasteiger partial charge is 0.0675 e. The Hall–Kier alpha value is -0.882. The molecule has 0 fully saturated rings. The summed E-state index contributed by atoms with van der Waals surface area (Å²) in [6.07, 6.45) is 0. The first kappa shape index (κ1) is 17.2. The van der Waals surface area contributed by atoms with Gasteiger partial charge in [0.05, 0.1) is 11.4 Å². The molecule has 1 aromatic heterocycles. The number of nitrogens with zero attached hydrogens (tertiary/aromatic N) is 2. The van der Waals surface area contributed by atoms with E-state index in [0.29, 0.717) is 6.04 Å². The van der Waals surface area contributed by atoms with Crippen molar-refractivity contribution >= 4 is 0 Å². The molecule has 0 radical (unpaired) electrons. The summed E-state index contributed by atoms with van der Waals surface area (Å²) in [5.41, 5.74) is 5.08. The second-order valence-corrected chi connectivity index (χ2v) is 6.46. The van der Waals surface area contributed by atoms with Crippen molar-refractivity contribution < 1.29 is 21.1 Å². The number of benzene rings is 1. The maximum atomic E-state index is 4.77. The summed E-state index contributed by atoms with van der Waals surface area (Å²) in [6.45, 7) is 13.3. The Kier molecular flexibility index (Phi) is 5.38. The Bertz CT molecular complexity index is 563. The number of aromatic nitrogens is 2. The summed E-state index contributed by atoms with van der Waals surface area (Å²) in [5.74, 6) is 0. The monoisotopic (exact) mass is 451 g/mol. The van der Waals surface area contributed by atoms with Crippen LogP contribution in [0.2, 0.25) is 0 Å². The van der Waals surface area contributed by atoms with Gasteiger partial charge >= 0.3 is 0 Å². The fraction of sp³-hybridized carbons (Fsp3) is 0.471. The zero-order chi connectivity index (χ0) is 14.2. The van der Waals surface area contributed by atoms with Crippen molar-refractivity contribution in [3.63, 3.8) is 0 Å². The summed E-state index contributed by atoms with van der Waals surface area (Å²) in [6, 6.07) is 11.0. The molecule has 1 aromatic carbocycles. The second kappa shape index (κ2) is 6.26. The third-order valence-corrected chi connectivity index (χ3v) is 3.35. The molecule has 0 amide bonds. The van der Waals surface area contributed by atoms with Crippen molar-refractivity contribution in [3.05, 3.63) is 41.7 Å². The Balaban J connectivity index is 0.00000200. The maximum Gasteiger partial charge on any atom is 0.0675 e. The van der Waals surface area contributed by atoms with E-state index in [1.54, 1.807) is 0 Å². The van der Waals surface area contributed by atoms with E-state index in [2.05, 4.69) is 76.6 Å². The van der Waals surface area contributed by atoms with Crippen molar-refractivity contribution in [3.8, 4) is 11.1 Å². The third kappa shape index (κ3) is 3.23. The molecule has 0 unspecified atom stereocenters. The summed E-state index contributed by atoms with van der Waals surface area (Å²) in [7, 11) is 0. The number of hydrogen-bond acceptors (Lipinski definition) is 1. The van der Waals surface area contributed by atoms with Gasteiger partial charge in [0, 0.05) is 38.1 Å². The first-order chi connectivity index (χ1) is 8.82. The minimum Gasteiger partial charge on any atom is -0.266 e. The van der Waals surface area contributed by atoms with Crippen LogP contribution in [0.25, 0.3) is 11.1 Å². The van der Waals surface area contributed by atoms with Crippen LogP contribution in [0.15, 0.2) is 30.3 Å². The van der Waals surface area contributed by atoms with Gasteiger partial charge in [0.25, 0.3) is 0 Å². The fourth-order valence-electron chi connectivity index (χ4n) is 2.59. The SMILES string of the molecule is Cc1nn(C(C)C)c(C(C)(C)C)c1-c1ccccc1.[Pt]. The van der Waals surface area contributed by atoms with Gasteiger partial charge in [-0.3, -0.25) is 4.68 Å². The summed E-state index contributed by atoms with van der Waals surface area (Å²) >= 11 is 0. The molecule has 0 aliphatic heterocycles. The van der Waals surface area contributed by atoms with Gasteiger partial charge in [-0.25, -0.2) is 0 Å². The Morgan fingerprint density at radius 2 is 1.60 bits per heavy atom. The standard InChI is InChI=1S/C17H24N2.Pt/c1-12(2)19-16(17(4,5)6)15(13(3)18-19)14-10-8-7-9-11-14;/h7-12H,1-6H3;. The fourth-order valence-corrected chi connectivity index (χ4v) is 2.59. The second-order valence-electron chi connectivity index (χ2n) is 6.46. The molecule has 0 N–H and O–H groups in total. The van der Waals surface area contributed by atoms with Crippen molar-refractivity contribution in [2.24, 2.45) is 0 Å². The van der Waals surface area contributed by atoms with Crippen LogP contribution in [-0.2, 0) is 26.5 Å². The summed E-state index contributed by atoms with van der Waals surface area (Å²) in [4.78, 5) is 0. The molecular weight excluding hydrogens is 427 g/mol. The number of aryl methyl sites for hydroxylation is 1. The van der Waals surface area contributed by atoms with Gasteiger partial charge in [-0.15, -0.1) is 0 Å². The van der Waals surface area contributed by atoms with E-state index in [4.69, 9.17) is 5.10 Å². The molecule has 0 atom stereocenters. The van der Waals surface area contributed by atoms with Crippen LogP contribution in [0, 0.1) is 6.92 Å². The molecule has 0 spiro atoms. The molecule has 0 aliphatic rings. The van der Waals surface area contributed by atoms with E-state index in [1.807, 2.05) is 0 Å². The Morgan fingerprint density at radius 1 is 1.05 bits per heavy atom. The molecule has 0 saturated heterocycles. The first-order valence-corrected chi connectivity index (χ1v) is 6.97. The average Bonchev–Trinajstić information content (AvgIpc) is 2.68. The number of hydrogen-bond donors (Lipinski definition) is 0. The molecule has 20 heavy (non-hydrogen) atoms. The van der Waals surface area contributed by atoms with Crippen LogP contribution >= 0.6 is 0 Å². The molecule has 2 nitrogen and oxygen atoms in total. The zero-order valence-electron chi connectivity index (χ0n) is 13.2. The van der Waals surface area contributed by atoms with Gasteiger partial charge < -0.3 is 0 Å². The van der Waals surface area contributed by atoms with E-state index < -0.39 is 0 Å². The summed E-state index contributed by atoms with van der Waals surface area (Å²) < 4.78 is 2.18. The molecule has 3 heteroatoms. The van der Waals surface area contributed by atoms with Crippen LogP contribution in [-0.4, -0.2) is 9.78 Å². The van der Waals surface area contributed by atoms with E-state index in [-0.39, 0.29) is 26.5 Å². The van der Waals surface area contributed by atoms with Crippen LogP contribution in [0.5, 0.6) is 0 Å². The van der Waals surface area contributed by atoms with E-state index in [0.717, 1.165) is 5.69 Å². The minimum atomic E-state index is 0. The van der Waals surface area contributed by atoms with Crippen molar-refractivity contribution in [1.82, 2.24) is 9.78 Å². The van der Waals surface area contributed by atoms with Gasteiger partial charge in [0.2, 0.25) is 0 Å². The van der Waals surface area contributed by atoms with Crippen LogP contribution in [0.1, 0.15) is 52.0 Å². The topological polar surface area (TPSA) is 17.8 Å². The number of rotatable bonds is 2. The molecule has 1 heterocycles. The Labute approximate surface area is 136 Å². The first-order valence-electron chi connectivity index (χ1n) is 6.97. The zero-order valence-corrected chi connectivity index (χ0v) is 15.4. The molecule has 2 rings (SSSR count). The van der Waals surface area contributed by atoms with Crippen LogP contribution in [0.4, 0.5) is 0 Å². The molecule has 2 aromatic rings. The van der Waals surface area contributed by atoms with Gasteiger partial charge in [0.1, 0.15) is 0 Å². The van der Waals surface area contributed by atoms with Crippen molar-refractivity contribution in [2.45, 2.75) is 53.0 Å². The summed E-state index contributed by atoms with van der Waals surface area (Å²) in [5, 5.41) is 4.77. The van der Waals surface area contributed by atoms with Gasteiger partial charge in [-0.2, -0.15) is 5.10 Å². The largest absolute Gasteiger partial charge is 0.266 e. The average molecular weight is 451 g/mol. The van der Waals surface area contributed by atoms with E-state index in [9.17, 15) is 0 Å². The van der Waals surface area contributed by atoms with Crippen LogP contribution in [0.3, 0.4) is 0 Å². The van der Waals surface area contributed by atoms with E-state index >= 15 is 0 Å². The van der Waals surface area contributed by atoms with Crippen LogP contribution < -0.4 is 0 Å². The third-order valence-electron chi connectivity index (χ3n) is 3.35. The van der Waals surface area contributed by atoms with Crippen molar-refractivity contribution in [1.29, 1.82) is 0 Å². The van der Waals surface area contributed by atoms with Gasteiger partial charge in [0.15, 0.2) is 0 Å². The predicted octanol–water partition coefficient (Wildman–Crippen LogP) is 4.73. The molecule has 0 aliphatic carbocycles. The molecular formula is C17H24N2Pt. The van der Waals surface area contributed by atoms with E-state index in [1.165, 1.54) is 16.8 Å². The van der Waals surface area contributed by atoms with Gasteiger partial charge in [-0.05, 0) is 26.3 Å². The quantitative estimate of drug-likeness (QED) is 0.645. The van der Waals surface area contributed by atoms with Gasteiger partial charge in [-0.1, -0.05) is 51.1 Å². The normalized spacial score (nSPS) is 11.6. The minimum absolute atomic E-state index is 0. The van der Waals surface area contributed by atoms with Crippen molar-refractivity contribution in [2.75, 3.05) is 0 Å².